The van der Waals surface area contributed by atoms with Crippen LogP contribution in [-0.2, 0) is 0 Å². The summed E-state index contributed by atoms with van der Waals surface area (Å²) in [5, 5.41) is 16.6. The standard InChI is InChI=1S/C18H20N4O3/c1-3-25-14-8-7-11(10-15(14)24-2)16(19)18-20-17(21-22-18)12-5-4-6-13(23)9-12/h4-10,16,23H,3,19H2,1-2H3,(H,20,21,22). The first-order chi connectivity index (χ1) is 12.1. The average Bonchev–Trinajstić information content (AvgIpc) is 3.12. The van der Waals surface area contributed by atoms with Crippen LogP contribution in [0.25, 0.3) is 11.4 Å². The van der Waals surface area contributed by atoms with Crippen LogP contribution in [0.3, 0.4) is 0 Å². The Kier molecular flexibility index (Phi) is 4.85. The largest absolute Gasteiger partial charge is 0.508 e. The Morgan fingerprint density at radius 2 is 2.04 bits per heavy atom. The number of hydrogen-bond donors (Lipinski definition) is 3. The lowest BCUT2D eigenvalue weighted by Gasteiger charge is -2.13. The van der Waals surface area contributed by atoms with Gasteiger partial charge < -0.3 is 20.3 Å². The zero-order chi connectivity index (χ0) is 17.8. The second-order valence-corrected chi connectivity index (χ2v) is 5.42. The molecule has 1 atom stereocenters. The lowest BCUT2D eigenvalue weighted by Crippen LogP contribution is -2.14. The molecule has 0 spiro atoms. The van der Waals surface area contributed by atoms with Crippen LogP contribution in [0.15, 0.2) is 42.5 Å². The molecule has 4 N–H and O–H groups in total. The van der Waals surface area contributed by atoms with Crippen molar-refractivity contribution >= 4 is 0 Å². The number of ether oxygens (including phenoxy) is 2. The molecule has 7 heteroatoms. The Hall–Kier alpha value is -3.06. The van der Waals surface area contributed by atoms with Crippen molar-refractivity contribution in [1.82, 2.24) is 15.2 Å². The number of phenols is 1. The highest BCUT2D eigenvalue weighted by molar-refractivity contribution is 5.57. The van der Waals surface area contributed by atoms with Gasteiger partial charge in [-0.3, -0.25) is 5.10 Å². The molecule has 130 valence electrons. The molecule has 0 saturated carbocycles. The maximum absolute atomic E-state index is 9.58. The van der Waals surface area contributed by atoms with Gasteiger partial charge in [0.2, 0.25) is 0 Å². The van der Waals surface area contributed by atoms with Gasteiger partial charge in [-0.15, -0.1) is 0 Å². The normalized spacial score (nSPS) is 12.0. The molecule has 0 fully saturated rings. The molecule has 0 aliphatic heterocycles. The van der Waals surface area contributed by atoms with Crippen molar-refractivity contribution in [1.29, 1.82) is 0 Å². The minimum Gasteiger partial charge on any atom is -0.508 e. The van der Waals surface area contributed by atoms with Crippen molar-refractivity contribution in [3.63, 3.8) is 0 Å². The van der Waals surface area contributed by atoms with E-state index in [1.54, 1.807) is 25.3 Å². The number of methoxy groups -OCH3 is 1. The first-order valence-electron chi connectivity index (χ1n) is 7.90. The third-order valence-corrected chi connectivity index (χ3v) is 3.75. The smallest absolute Gasteiger partial charge is 0.181 e. The summed E-state index contributed by atoms with van der Waals surface area (Å²) in [5.41, 5.74) is 7.83. The van der Waals surface area contributed by atoms with Gasteiger partial charge in [0.1, 0.15) is 11.6 Å². The number of aromatic hydroxyl groups is 1. The summed E-state index contributed by atoms with van der Waals surface area (Å²) in [6, 6.07) is 11.8. The fourth-order valence-corrected chi connectivity index (χ4v) is 2.50. The lowest BCUT2D eigenvalue weighted by molar-refractivity contribution is 0.310. The van der Waals surface area contributed by atoms with Gasteiger partial charge in [-0.1, -0.05) is 18.2 Å². The van der Waals surface area contributed by atoms with Crippen molar-refractivity contribution in [2.45, 2.75) is 13.0 Å². The highest BCUT2D eigenvalue weighted by Crippen LogP contribution is 2.31. The van der Waals surface area contributed by atoms with Crippen molar-refractivity contribution in [3.8, 4) is 28.6 Å². The topological polar surface area (TPSA) is 106 Å². The first-order valence-corrected chi connectivity index (χ1v) is 7.90. The number of aromatic amines is 1. The Morgan fingerprint density at radius 1 is 1.20 bits per heavy atom. The molecule has 1 aromatic heterocycles. The minimum atomic E-state index is -0.497. The van der Waals surface area contributed by atoms with Crippen LogP contribution in [0.2, 0.25) is 0 Å². The van der Waals surface area contributed by atoms with Gasteiger partial charge >= 0.3 is 0 Å². The zero-order valence-corrected chi connectivity index (χ0v) is 14.1. The minimum absolute atomic E-state index is 0.157. The number of nitrogens with one attached hydrogen (secondary N) is 1. The number of H-pyrrole nitrogens is 1. The molecule has 7 nitrogen and oxygen atoms in total. The van der Waals surface area contributed by atoms with Crippen molar-refractivity contribution in [3.05, 3.63) is 53.9 Å². The van der Waals surface area contributed by atoms with E-state index in [1.807, 2.05) is 31.2 Å². The van der Waals surface area contributed by atoms with E-state index in [2.05, 4.69) is 15.2 Å². The predicted molar refractivity (Wildman–Crippen MR) is 93.7 cm³/mol. The van der Waals surface area contributed by atoms with E-state index >= 15 is 0 Å². The number of nitrogens with two attached hydrogens (primary N) is 1. The molecule has 1 unspecified atom stereocenters. The molecule has 0 radical (unpaired) electrons. The van der Waals surface area contributed by atoms with Gasteiger partial charge in [0.25, 0.3) is 0 Å². The molecule has 2 aromatic carbocycles. The number of rotatable bonds is 6. The van der Waals surface area contributed by atoms with Crippen LogP contribution in [0, 0.1) is 0 Å². The van der Waals surface area contributed by atoms with E-state index in [0.717, 1.165) is 5.56 Å². The van der Waals surface area contributed by atoms with Gasteiger partial charge in [-0.05, 0) is 36.8 Å². The summed E-state index contributed by atoms with van der Waals surface area (Å²) >= 11 is 0. The predicted octanol–water partition coefficient (Wildman–Crippen LogP) is 2.63. The molecular formula is C18H20N4O3. The van der Waals surface area contributed by atoms with E-state index < -0.39 is 6.04 Å². The molecule has 1 heterocycles. The average molecular weight is 340 g/mol. The van der Waals surface area contributed by atoms with E-state index in [-0.39, 0.29) is 5.75 Å². The Labute approximate surface area is 145 Å². The summed E-state index contributed by atoms with van der Waals surface area (Å²) < 4.78 is 10.9. The van der Waals surface area contributed by atoms with Gasteiger partial charge in [-0.25, -0.2) is 4.98 Å². The maximum atomic E-state index is 9.58. The van der Waals surface area contributed by atoms with Gasteiger partial charge in [0, 0.05) is 5.56 Å². The molecular weight excluding hydrogens is 320 g/mol. The lowest BCUT2D eigenvalue weighted by atomic mass is 10.1. The van der Waals surface area contributed by atoms with Crippen molar-refractivity contribution < 1.29 is 14.6 Å². The van der Waals surface area contributed by atoms with Crippen LogP contribution in [0.5, 0.6) is 17.2 Å². The van der Waals surface area contributed by atoms with Crippen molar-refractivity contribution in [2.24, 2.45) is 5.73 Å². The summed E-state index contributed by atoms with van der Waals surface area (Å²) in [4.78, 5) is 4.44. The van der Waals surface area contributed by atoms with Crippen LogP contribution in [-0.4, -0.2) is 34.0 Å². The molecule has 0 aliphatic rings. The van der Waals surface area contributed by atoms with E-state index in [4.69, 9.17) is 15.2 Å². The van der Waals surface area contributed by atoms with Crippen LogP contribution in [0.1, 0.15) is 24.4 Å². The van der Waals surface area contributed by atoms with Crippen LogP contribution >= 0.6 is 0 Å². The number of hydrogen-bond acceptors (Lipinski definition) is 6. The molecule has 25 heavy (non-hydrogen) atoms. The van der Waals surface area contributed by atoms with E-state index in [0.29, 0.717) is 35.3 Å². The number of phenolic OH excluding ortho intramolecular Hbond substituents is 1. The van der Waals surface area contributed by atoms with Crippen LogP contribution in [0.4, 0.5) is 0 Å². The summed E-state index contributed by atoms with van der Waals surface area (Å²) in [6.07, 6.45) is 0. The number of nitrogens with zero attached hydrogens (tertiary/aromatic N) is 2. The molecule has 3 rings (SSSR count). The summed E-state index contributed by atoms with van der Waals surface area (Å²) in [7, 11) is 1.58. The fourth-order valence-electron chi connectivity index (χ4n) is 2.50. The summed E-state index contributed by atoms with van der Waals surface area (Å²) in [5.74, 6) is 2.43. The van der Waals surface area contributed by atoms with E-state index in [1.165, 1.54) is 0 Å². The molecule has 0 saturated heterocycles. The number of benzene rings is 2. The molecule has 0 amide bonds. The van der Waals surface area contributed by atoms with Gasteiger partial charge in [0.05, 0.1) is 19.8 Å². The van der Waals surface area contributed by atoms with Crippen LogP contribution < -0.4 is 15.2 Å². The SMILES string of the molecule is CCOc1ccc(C(N)c2nc(-c3cccc(O)c3)n[nH]2)cc1OC. The quantitative estimate of drug-likeness (QED) is 0.637. The maximum Gasteiger partial charge on any atom is 0.181 e. The van der Waals surface area contributed by atoms with Gasteiger partial charge in [0.15, 0.2) is 17.3 Å². The molecule has 3 aromatic rings. The molecule has 0 aliphatic carbocycles. The first kappa shape index (κ1) is 16.8. The highest BCUT2D eigenvalue weighted by atomic mass is 16.5. The third kappa shape index (κ3) is 3.56. The molecule has 0 bridgehead atoms. The second kappa shape index (κ2) is 7.23. The monoisotopic (exact) mass is 340 g/mol. The van der Waals surface area contributed by atoms with Crippen molar-refractivity contribution in [2.75, 3.05) is 13.7 Å². The number of aromatic nitrogens is 3. The Balaban J connectivity index is 1.87. The fraction of sp³-hybridized carbons (Fsp3) is 0.222. The summed E-state index contributed by atoms with van der Waals surface area (Å²) in [6.45, 7) is 2.47. The third-order valence-electron chi connectivity index (χ3n) is 3.75. The second-order valence-electron chi connectivity index (χ2n) is 5.42. The van der Waals surface area contributed by atoms with E-state index in [9.17, 15) is 5.11 Å². The Morgan fingerprint density at radius 3 is 2.76 bits per heavy atom. The highest BCUT2D eigenvalue weighted by Gasteiger charge is 2.17. The zero-order valence-electron chi connectivity index (χ0n) is 14.1. The Bertz CT molecular complexity index is 863. The van der Waals surface area contributed by atoms with Gasteiger partial charge in [-0.2, -0.15) is 5.10 Å².